The molecule has 0 bridgehead atoms. The van der Waals surface area contributed by atoms with Crippen molar-refractivity contribution in [3.8, 4) is 0 Å². The van der Waals surface area contributed by atoms with Gasteiger partial charge in [0.05, 0.1) is 6.20 Å². The van der Waals surface area contributed by atoms with Gasteiger partial charge in [-0.2, -0.15) is 4.98 Å². The van der Waals surface area contributed by atoms with Crippen LogP contribution >= 0.6 is 11.6 Å². The average Bonchev–Trinajstić information content (AvgIpc) is 2.20. The van der Waals surface area contributed by atoms with Crippen LogP contribution in [0.15, 0.2) is 6.20 Å². The maximum Gasteiger partial charge on any atom is 0.331 e. The van der Waals surface area contributed by atoms with Crippen LogP contribution in [0.1, 0.15) is 34.6 Å². The molecule has 0 spiro atoms. The van der Waals surface area contributed by atoms with Gasteiger partial charge in [0.25, 0.3) is 0 Å². The van der Waals surface area contributed by atoms with E-state index < -0.39 is 22.9 Å². The summed E-state index contributed by atoms with van der Waals surface area (Å²) >= 11 is 5.55. The maximum absolute atomic E-state index is 12.9. The van der Waals surface area contributed by atoms with Crippen molar-refractivity contribution in [1.82, 2.24) is 9.97 Å². The van der Waals surface area contributed by atoms with Crippen LogP contribution in [0.3, 0.4) is 0 Å². The highest BCUT2D eigenvalue weighted by atomic mass is 35.5. The van der Waals surface area contributed by atoms with Gasteiger partial charge in [0.15, 0.2) is 11.0 Å². The first kappa shape index (κ1) is 15.6. The summed E-state index contributed by atoms with van der Waals surface area (Å²) in [4.78, 5) is 19.4. The zero-order chi connectivity index (χ0) is 14.8. The van der Waals surface area contributed by atoms with E-state index in [0.717, 1.165) is 6.20 Å². The van der Waals surface area contributed by atoms with E-state index in [2.05, 4.69) is 15.3 Å². The van der Waals surface area contributed by atoms with Gasteiger partial charge < -0.3 is 10.1 Å². The molecule has 0 saturated carbocycles. The van der Waals surface area contributed by atoms with E-state index in [1.165, 1.54) is 0 Å². The van der Waals surface area contributed by atoms with E-state index in [4.69, 9.17) is 16.3 Å². The van der Waals surface area contributed by atoms with E-state index in [1.807, 2.05) is 0 Å². The fraction of sp³-hybridized carbons (Fsp3) is 0.583. The van der Waals surface area contributed by atoms with E-state index in [0.29, 0.717) is 0 Å². The molecule has 1 aromatic rings. The van der Waals surface area contributed by atoms with Gasteiger partial charge in [-0.25, -0.2) is 14.2 Å². The van der Waals surface area contributed by atoms with Crippen molar-refractivity contribution in [3.63, 3.8) is 0 Å². The van der Waals surface area contributed by atoms with Gasteiger partial charge >= 0.3 is 5.97 Å². The number of ether oxygens (including phenoxy) is 1. The van der Waals surface area contributed by atoms with Crippen LogP contribution in [0.25, 0.3) is 0 Å². The highest BCUT2D eigenvalue weighted by Crippen LogP contribution is 2.19. The molecule has 106 valence electrons. The molecule has 1 N–H and O–H groups in total. The molecule has 0 atom stereocenters. The Morgan fingerprint density at radius 1 is 1.37 bits per heavy atom. The number of hydrogen-bond donors (Lipinski definition) is 1. The maximum atomic E-state index is 12.9. The van der Waals surface area contributed by atoms with Crippen molar-refractivity contribution in [1.29, 1.82) is 0 Å². The number of esters is 1. The Hall–Kier alpha value is -1.43. The van der Waals surface area contributed by atoms with Gasteiger partial charge in [-0.1, -0.05) is 11.6 Å². The van der Waals surface area contributed by atoms with Crippen LogP contribution in [0, 0.1) is 5.82 Å². The molecular formula is C12H17ClFN3O2. The first-order valence-corrected chi connectivity index (χ1v) is 6.09. The molecule has 0 aliphatic rings. The molecule has 0 saturated heterocycles. The molecule has 0 fully saturated rings. The van der Waals surface area contributed by atoms with Gasteiger partial charge in [0.1, 0.15) is 11.1 Å². The minimum atomic E-state index is -1.06. The lowest BCUT2D eigenvalue weighted by Crippen LogP contribution is -2.45. The summed E-state index contributed by atoms with van der Waals surface area (Å²) in [5, 5.41) is 2.45. The van der Waals surface area contributed by atoms with Crippen LogP contribution in [0.4, 0.5) is 10.3 Å². The summed E-state index contributed by atoms with van der Waals surface area (Å²) in [6.45, 7) is 8.54. The molecule has 0 aliphatic carbocycles. The van der Waals surface area contributed by atoms with E-state index in [9.17, 15) is 9.18 Å². The van der Waals surface area contributed by atoms with E-state index in [1.54, 1.807) is 34.6 Å². The van der Waals surface area contributed by atoms with E-state index in [-0.39, 0.29) is 11.1 Å². The number of anilines is 1. The standard InChI is InChI=1S/C12H17ClFN3O2/c1-11(2,3)19-9(18)12(4,5)17-10-15-6-7(14)8(13)16-10/h6H,1-5H3,(H,15,16,17). The second-order valence-corrected chi connectivity index (χ2v) is 5.94. The predicted octanol–water partition coefficient (Wildman–Crippen LogP) is 2.80. The molecule has 0 radical (unpaired) electrons. The quantitative estimate of drug-likeness (QED) is 0.685. The third-order valence-corrected chi connectivity index (χ3v) is 2.30. The minimum Gasteiger partial charge on any atom is -0.458 e. The van der Waals surface area contributed by atoms with Gasteiger partial charge in [0, 0.05) is 0 Å². The number of hydrogen-bond acceptors (Lipinski definition) is 5. The molecule has 0 aliphatic heterocycles. The first-order chi connectivity index (χ1) is 8.51. The Bertz CT molecular complexity index is 486. The second-order valence-electron chi connectivity index (χ2n) is 5.58. The number of nitrogens with zero attached hydrogens (tertiary/aromatic N) is 2. The first-order valence-electron chi connectivity index (χ1n) is 5.71. The monoisotopic (exact) mass is 289 g/mol. The topological polar surface area (TPSA) is 64.1 Å². The van der Waals surface area contributed by atoms with Crippen molar-refractivity contribution >= 4 is 23.5 Å². The van der Waals surface area contributed by atoms with Crippen molar-refractivity contribution in [2.45, 2.75) is 45.8 Å². The normalized spacial score (nSPS) is 12.2. The minimum absolute atomic E-state index is 0.0576. The highest BCUT2D eigenvalue weighted by Gasteiger charge is 2.33. The number of aromatic nitrogens is 2. The molecule has 0 aromatic carbocycles. The number of carbonyl (C=O) groups excluding carboxylic acids is 1. The number of halogens is 2. The molecular weight excluding hydrogens is 273 g/mol. The third kappa shape index (κ3) is 4.63. The summed E-state index contributed by atoms with van der Waals surface area (Å²) in [5.41, 5.74) is -1.66. The fourth-order valence-corrected chi connectivity index (χ4v) is 1.27. The van der Waals surface area contributed by atoms with Crippen molar-refractivity contribution in [2.24, 2.45) is 0 Å². The molecule has 0 unspecified atom stereocenters. The molecule has 0 amide bonds. The second kappa shape index (κ2) is 5.28. The summed E-state index contributed by atoms with van der Waals surface area (Å²) < 4.78 is 18.2. The van der Waals surface area contributed by atoms with Crippen LogP contribution in [0.2, 0.25) is 5.15 Å². The largest absolute Gasteiger partial charge is 0.458 e. The van der Waals surface area contributed by atoms with Gasteiger partial charge in [0.2, 0.25) is 5.95 Å². The molecule has 1 aromatic heterocycles. The van der Waals surface area contributed by atoms with Gasteiger partial charge in [-0.05, 0) is 34.6 Å². The SMILES string of the molecule is CC(C)(C)OC(=O)C(C)(C)Nc1ncc(F)c(Cl)n1. The van der Waals surface area contributed by atoms with E-state index >= 15 is 0 Å². The summed E-state index contributed by atoms with van der Waals surface area (Å²) in [6, 6.07) is 0. The van der Waals surface area contributed by atoms with Gasteiger partial charge in [-0.15, -0.1) is 0 Å². The Kier molecular flexibility index (Phi) is 4.35. The molecule has 5 nitrogen and oxygen atoms in total. The highest BCUT2D eigenvalue weighted by molar-refractivity contribution is 6.29. The summed E-state index contributed by atoms with van der Waals surface area (Å²) in [7, 11) is 0. The van der Waals surface area contributed by atoms with Crippen molar-refractivity contribution < 1.29 is 13.9 Å². The molecule has 1 heterocycles. The zero-order valence-corrected chi connectivity index (χ0v) is 12.3. The lowest BCUT2D eigenvalue weighted by molar-refractivity contribution is -0.159. The Balaban J connectivity index is 2.83. The lowest BCUT2D eigenvalue weighted by Gasteiger charge is -2.29. The van der Waals surface area contributed by atoms with Crippen molar-refractivity contribution in [2.75, 3.05) is 5.32 Å². The van der Waals surface area contributed by atoms with Crippen LogP contribution < -0.4 is 5.32 Å². The smallest absolute Gasteiger partial charge is 0.331 e. The van der Waals surface area contributed by atoms with Crippen LogP contribution in [0.5, 0.6) is 0 Å². The van der Waals surface area contributed by atoms with Crippen LogP contribution in [-0.2, 0) is 9.53 Å². The van der Waals surface area contributed by atoms with Crippen molar-refractivity contribution in [3.05, 3.63) is 17.2 Å². The Morgan fingerprint density at radius 3 is 2.42 bits per heavy atom. The zero-order valence-electron chi connectivity index (χ0n) is 11.5. The average molecular weight is 290 g/mol. The third-order valence-electron chi connectivity index (χ3n) is 2.03. The van der Waals surface area contributed by atoms with Gasteiger partial charge in [-0.3, -0.25) is 0 Å². The Labute approximate surface area is 116 Å². The number of carbonyl (C=O) groups is 1. The number of rotatable bonds is 3. The summed E-state index contributed by atoms with van der Waals surface area (Å²) in [6.07, 6.45) is 0.933. The summed E-state index contributed by atoms with van der Waals surface area (Å²) in [5.74, 6) is -1.13. The predicted molar refractivity (Wildman–Crippen MR) is 70.5 cm³/mol. The molecule has 7 heteroatoms. The number of nitrogens with one attached hydrogen (secondary N) is 1. The fourth-order valence-electron chi connectivity index (χ4n) is 1.14. The van der Waals surface area contributed by atoms with Crippen LogP contribution in [-0.4, -0.2) is 27.1 Å². The lowest BCUT2D eigenvalue weighted by atomic mass is 10.1. The Morgan fingerprint density at radius 2 is 1.95 bits per heavy atom. The molecule has 1 rings (SSSR count). The molecule has 19 heavy (non-hydrogen) atoms.